The van der Waals surface area contributed by atoms with Crippen LogP contribution in [0, 0.1) is 12.3 Å². The first-order valence-corrected chi connectivity index (χ1v) is 5.15. The fourth-order valence-corrected chi connectivity index (χ4v) is 1.83. The summed E-state index contributed by atoms with van der Waals surface area (Å²) >= 11 is 0. The zero-order valence-electron chi connectivity index (χ0n) is 9.45. The van der Waals surface area contributed by atoms with Gasteiger partial charge in [0.05, 0.1) is 6.61 Å². The van der Waals surface area contributed by atoms with E-state index in [2.05, 4.69) is 12.8 Å². The lowest BCUT2D eigenvalue weighted by Gasteiger charge is -2.11. The molecule has 3 heteroatoms. The minimum Gasteiger partial charge on any atom is -0.492 e. The molecular formula is C13H14O3. The van der Waals surface area contributed by atoms with E-state index in [0.717, 1.165) is 22.6 Å². The molecule has 0 saturated heterocycles. The lowest BCUT2D eigenvalue weighted by Crippen LogP contribution is -2.02. The van der Waals surface area contributed by atoms with Gasteiger partial charge in [0.1, 0.15) is 11.5 Å². The summed E-state index contributed by atoms with van der Waals surface area (Å²) in [6.45, 7) is 2.99. The molecule has 84 valence electrons. The molecule has 16 heavy (non-hydrogen) atoms. The highest BCUT2D eigenvalue weighted by atomic mass is 16.7. The monoisotopic (exact) mass is 218 g/mol. The maximum Gasteiger partial charge on any atom is 0.188 e. The molecular weight excluding hydrogens is 204 g/mol. The van der Waals surface area contributed by atoms with Gasteiger partial charge >= 0.3 is 0 Å². The quantitative estimate of drug-likeness (QED) is 0.574. The molecule has 2 rings (SSSR count). The van der Waals surface area contributed by atoms with E-state index in [-0.39, 0.29) is 6.79 Å². The van der Waals surface area contributed by atoms with Crippen molar-refractivity contribution in [1.82, 2.24) is 0 Å². The number of hydrogen-bond acceptors (Lipinski definition) is 3. The molecule has 0 aliphatic carbocycles. The van der Waals surface area contributed by atoms with Crippen molar-refractivity contribution in [3.8, 4) is 23.8 Å². The average molecular weight is 218 g/mol. The summed E-state index contributed by atoms with van der Waals surface area (Å²) in [6.07, 6.45) is 5.38. The fourth-order valence-electron chi connectivity index (χ4n) is 1.83. The van der Waals surface area contributed by atoms with Crippen LogP contribution in [0.25, 0.3) is 0 Å². The minimum atomic E-state index is 0.215. The summed E-state index contributed by atoms with van der Waals surface area (Å²) in [7, 11) is 1.59. The van der Waals surface area contributed by atoms with Crippen molar-refractivity contribution in [2.75, 3.05) is 20.5 Å². The Morgan fingerprint density at radius 2 is 2.38 bits per heavy atom. The highest BCUT2D eigenvalue weighted by molar-refractivity contribution is 5.55. The summed E-state index contributed by atoms with van der Waals surface area (Å²) in [5, 5.41) is 0. The first kappa shape index (κ1) is 10.8. The topological polar surface area (TPSA) is 27.7 Å². The van der Waals surface area contributed by atoms with Gasteiger partial charge in [0, 0.05) is 24.2 Å². The third-order valence-electron chi connectivity index (χ3n) is 2.58. The number of fused-ring (bicyclic) bond motifs is 1. The van der Waals surface area contributed by atoms with Crippen molar-refractivity contribution in [2.24, 2.45) is 0 Å². The Kier molecular flexibility index (Phi) is 3.02. The number of hydrogen-bond donors (Lipinski definition) is 0. The molecule has 1 heterocycles. The second kappa shape index (κ2) is 4.46. The molecule has 1 aromatic rings. The van der Waals surface area contributed by atoms with E-state index in [9.17, 15) is 0 Å². The van der Waals surface area contributed by atoms with Crippen LogP contribution < -0.4 is 9.47 Å². The third kappa shape index (κ3) is 1.84. The van der Waals surface area contributed by atoms with Crippen molar-refractivity contribution in [3.63, 3.8) is 0 Å². The van der Waals surface area contributed by atoms with E-state index in [1.807, 2.05) is 12.1 Å². The van der Waals surface area contributed by atoms with Crippen LogP contribution in [0.4, 0.5) is 0 Å². The summed E-state index contributed by atoms with van der Waals surface area (Å²) in [5.41, 5.74) is 1.84. The first-order valence-electron chi connectivity index (χ1n) is 5.15. The van der Waals surface area contributed by atoms with Crippen LogP contribution in [0.2, 0.25) is 0 Å². The zero-order valence-corrected chi connectivity index (χ0v) is 9.45. The lowest BCUT2D eigenvalue weighted by atomic mass is 10.0. The predicted molar refractivity (Wildman–Crippen MR) is 60.8 cm³/mol. The van der Waals surface area contributed by atoms with E-state index >= 15 is 0 Å². The van der Waals surface area contributed by atoms with Gasteiger partial charge in [-0.15, -0.1) is 6.42 Å². The number of methoxy groups -OCH3 is 1. The van der Waals surface area contributed by atoms with Crippen molar-refractivity contribution in [1.29, 1.82) is 0 Å². The van der Waals surface area contributed by atoms with Crippen molar-refractivity contribution >= 4 is 0 Å². The molecule has 3 nitrogen and oxygen atoms in total. The summed E-state index contributed by atoms with van der Waals surface area (Å²) in [5.74, 6) is 4.50. The molecule has 0 aromatic heterocycles. The maximum absolute atomic E-state index is 5.56. The first-order chi connectivity index (χ1) is 7.76. The Bertz CT molecular complexity index is 432. The van der Waals surface area contributed by atoms with Crippen LogP contribution >= 0.6 is 0 Å². The molecule has 1 aromatic carbocycles. The lowest BCUT2D eigenvalue weighted by molar-refractivity contribution is 0.0503. The Balaban J connectivity index is 2.41. The van der Waals surface area contributed by atoms with Crippen LogP contribution in [0.1, 0.15) is 24.0 Å². The van der Waals surface area contributed by atoms with Crippen molar-refractivity contribution in [2.45, 2.75) is 12.8 Å². The molecule has 0 amide bonds. The van der Waals surface area contributed by atoms with Crippen LogP contribution in [0.15, 0.2) is 12.1 Å². The van der Waals surface area contributed by atoms with Gasteiger partial charge in [-0.3, -0.25) is 0 Å². The Labute approximate surface area is 95.3 Å². The largest absolute Gasteiger partial charge is 0.492 e. The number of terminal acetylenes is 1. The molecule has 0 radical (unpaired) electrons. The van der Waals surface area contributed by atoms with Crippen LogP contribution in [0.3, 0.4) is 0 Å². The normalized spacial score (nSPS) is 17.4. The van der Waals surface area contributed by atoms with Crippen LogP contribution in [0.5, 0.6) is 11.5 Å². The Morgan fingerprint density at radius 3 is 3.06 bits per heavy atom. The van der Waals surface area contributed by atoms with Gasteiger partial charge in [-0.2, -0.15) is 0 Å². The van der Waals surface area contributed by atoms with E-state index in [0.29, 0.717) is 12.5 Å². The van der Waals surface area contributed by atoms with Crippen LogP contribution in [-0.2, 0) is 4.74 Å². The van der Waals surface area contributed by atoms with E-state index in [1.165, 1.54) is 0 Å². The minimum absolute atomic E-state index is 0.215. The second-order valence-electron chi connectivity index (χ2n) is 3.79. The number of benzene rings is 1. The molecule has 0 saturated carbocycles. The Morgan fingerprint density at radius 1 is 1.56 bits per heavy atom. The van der Waals surface area contributed by atoms with Crippen LogP contribution in [-0.4, -0.2) is 20.5 Å². The zero-order chi connectivity index (χ0) is 11.5. The summed E-state index contributed by atoms with van der Waals surface area (Å²) in [6, 6.07) is 3.72. The van der Waals surface area contributed by atoms with E-state index in [1.54, 1.807) is 7.11 Å². The third-order valence-corrected chi connectivity index (χ3v) is 2.58. The SMILES string of the molecule is C#Cc1cc(OCOC)c2c(c1)OCC2C. The second-order valence-corrected chi connectivity index (χ2v) is 3.79. The molecule has 0 bridgehead atoms. The van der Waals surface area contributed by atoms with Gasteiger partial charge in [0.25, 0.3) is 0 Å². The number of ether oxygens (including phenoxy) is 3. The molecule has 1 aliphatic heterocycles. The fraction of sp³-hybridized carbons (Fsp3) is 0.385. The highest BCUT2D eigenvalue weighted by Gasteiger charge is 2.25. The van der Waals surface area contributed by atoms with E-state index < -0.39 is 0 Å². The molecule has 1 aliphatic rings. The standard InChI is InChI=1S/C13H14O3/c1-4-10-5-11-13(9(2)7-15-11)12(6-10)16-8-14-3/h1,5-6,9H,7-8H2,2-3H3. The molecule has 0 N–H and O–H groups in total. The molecule has 1 unspecified atom stereocenters. The highest BCUT2D eigenvalue weighted by Crippen LogP contribution is 2.41. The van der Waals surface area contributed by atoms with Crippen molar-refractivity contribution < 1.29 is 14.2 Å². The molecule has 1 atom stereocenters. The molecule has 0 fully saturated rings. The van der Waals surface area contributed by atoms with Gasteiger partial charge in [-0.25, -0.2) is 0 Å². The summed E-state index contributed by atoms with van der Waals surface area (Å²) in [4.78, 5) is 0. The van der Waals surface area contributed by atoms with Gasteiger partial charge in [-0.05, 0) is 12.1 Å². The van der Waals surface area contributed by atoms with Gasteiger partial charge in [0.15, 0.2) is 6.79 Å². The Hall–Kier alpha value is -1.66. The number of rotatable bonds is 3. The smallest absolute Gasteiger partial charge is 0.188 e. The van der Waals surface area contributed by atoms with Gasteiger partial charge in [-0.1, -0.05) is 12.8 Å². The van der Waals surface area contributed by atoms with E-state index in [4.69, 9.17) is 20.6 Å². The predicted octanol–water partition coefficient (Wildman–Crippen LogP) is 2.15. The van der Waals surface area contributed by atoms with Gasteiger partial charge in [0.2, 0.25) is 0 Å². The average Bonchev–Trinajstić information content (AvgIpc) is 2.68. The maximum atomic E-state index is 5.56. The molecule has 0 spiro atoms. The van der Waals surface area contributed by atoms with Gasteiger partial charge < -0.3 is 14.2 Å². The summed E-state index contributed by atoms with van der Waals surface area (Å²) < 4.78 is 16.0. The van der Waals surface area contributed by atoms with Crippen molar-refractivity contribution in [3.05, 3.63) is 23.3 Å².